The monoisotopic (exact) mass is 254 g/mol. The third-order valence-electron chi connectivity index (χ3n) is 2.75. The summed E-state index contributed by atoms with van der Waals surface area (Å²) in [6.07, 6.45) is 3.84. The van der Waals surface area contributed by atoms with Crippen LogP contribution < -0.4 is 0 Å². The van der Waals surface area contributed by atoms with Crippen molar-refractivity contribution in [1.29, 1.82) is 0 Å². The van der Waals surface area contributed by atoms with Gasteiger partial charge in [-0.2, -0.15) is 0 Å². The summed E-state index contributed by atoms with van der Waals surface area (Å²) in [7, 11) is 0. The summed E-state index contributed by atoms with van der Waals surface area (Å²) >= 11 is 1.50. The van der Waals surface area contributed by atoms with Gasteiger partial charge in [-0.25, -0.2) is 0 Å². The number of aromatic nitrogens is 2. The van der Waals surface area contributed by atoms with Crippen LogP contribution in [0.2, 0.25) is 0 Å². The molecule has 18 heavy (non-hydrogen) atoms. The van der Waals surface area contributed by atoms with Gasteiger partial charge in [0.15, 0.2) is 5.78 Å². The first kappa shape index (κ1) is 11.0. The first-order valence-corrected chi connectivity index (χ1v) is 6.47. The molecule has 3 nitrogen and oxygen atoms in total. The highest BCUT2D eigenvalue weighted by molar-refractivity contribution is 7.09. The van der Waals surface area contributed by atoms with Gasteiger partial charge in [0.1, 0.15) is 0 Å². The van der Waals surface area contributed by atoms with E-state index >= 15 is 0 Å². The van der Waals surface area contributed by atoms with Gasteiger partial charge >= 0.3 is 0 Å². The molecule has 0 amide bonds. The third-order valence-corrected chi connectivity index (χ3v) is 3.53. The van der Waals surface area contributed by atoms with Crippen LogP contribution in [0.15, 0.2) is 48.2 Å². The van der Waals surface area contributed by atoms with Crippen LogP contribution >= 0.6 is 11.3 Å². The second-order valence-corrected chi connectivity index (χ2v) is 4.92. The molecule has 0 fully saturated rings. The Morgan fingerprint density at radius 3 is 2.94 bits per heavy atom. The van der Waals surface area contributed by atoms with Gasteiger partial charge < -0.3 is 0 Å². The Balaban J connectivity index is 2.01. The molecule has 1 aromatic carbocycles. The number of nitrogens with zero attached hydrogens (tertiary/aromatic N) is 2. The number of hydrogen-bond donors (Lipinski definition) is 0. The fraction of sp³-hybridized carbons (Fsp3) is 0.0714. The first-order chi connectivity index (χ1) is 8.84. The average Bonchev–Trinajstić information content (AvgIpc) is 2.91. The number of ketones is 1. The van der Waals surface area contributed by atoms with E-state index in [1.54, 1.807) is 17.9 Å². The molecule has 0 aliphatic heterocycles. The number of fused-ring (bicyclic) bond motifs is 1. The third kappa shape index (κ3) is 2.02. The summed E-state index contributed by atoms with van der Waals surface area (Å²) in [5, 5.41) is 0.993. The summed E-state index contributed by atoms with van der Waals surface area (Å²) in [6, 6.07) is 9.53. The minimum Gasteiger partial charge on any atom is -0.294 e. The smallest absolute Gasteiger partial charge is 0.170 e. The van der Waals surface area contributed by atoms with Gasteiger partial charge in [0, 0.05) is 34.6 Å². The van der Waals surface area contributed by atoms with Crippen molar-refractivity contribution in [3.8, 4) is 0 Å². The lowest BCUT2D eigenvalue weighted by Gasteiger charge is -2.03. The molecule has 0 saturated carbocycles. The van der Waals surface area contributed by atoms with Crippen molar-refractivity contribution in [2.45, 2.75) is 6.42 Å². The van der Waals surface area contributed by atoms with Crippen LogP contribution in [0.4, 0.5) is 0 Å². The van der Waals surface area contributed by atoms with Gasteiger partial charge in [0.25, 0.3) is 0 Å². The maximum atomic E-state index is 12.3. The topological polar surface area (TPSA) is 42.9 Å². The van der Waals surface area contributed by atoms with Gasteiger partial charge in [-0.15, -0.1) is 11.3 Å². The molecule has 0 spiro atoms. The van der Waals surface area contributed by atoms with Crippen LogP contribution in [-0.2, 0) is 6.42 Å². The highest BCUT2D eigenvalue weighted by atomic mass is 32.1. The lowest BCUT2D eigenvalue weighted by atomic mass is 10.0. The Hall–Kier alpha value is -2.07. The van der Waals surface area contributed by atoms with E-state index in [-0.39, 0.29) is 5.78 Å². The van der Waals surface area contributed by atoms with Crippen molar-refractivity contribution in [1.82, 2.24) is 9.97 Å². The largest absolute Gasteiger partial charge is 0.294 e. The van der Waals surface area contributed by atoms with Crippen LogP contribution in [0, 0.1) is 0 Å². The molecule has 88 valence electrons. The lowest BCUT2D eigenvalue weighted by molar-refractivity contribution is 0.0995. The molecule has 4 heteroatoms. The molecule has 3 aromatic rings. The normalized spacial score (nSPS) is 10.7. The number of thiazole rings is 1. The second kappa shape index (κ2) is 4.66. The average molecular weight is 254 g/mol. The van der Waals surface area contributed by atoms with E-state index in [2.05, 4.69) is 9.97 Å². The first-order valence-electron chi connectivity index (χ1n) is 5.59. The van der Waals surface area contributed by atoms with E-state index in [0.29, 0.717) is 12.0 Å². The van der Waals surface area contributed by atoms with Gasteiger partial charge in [-0.1, -0.05) is 18.2 Å². The number of hydrogen-bond acceptors (Lipinski definition) is 4. The standard InChI is InChI=1S/C14H10N2OS/c17-13(7-11-8-15-9-18-11)12-5-1-3-10-4-2-6-16-14(10)12/h1-6,8-9H,7H2. The highest BCUT2D eigenvalue weighted by Gasteiger charge is 2.12. The van der Waals surface area contributed by atoms with Crippen LogP contribution in [0.1, 0.15) is 15.2 Å². The Morgan fingerprint density at radius 1 is 1.22 bits per heavy atom. The number of rotatable bonds is 3. The fourth-order valence-corrected chi connectivity index (χ4v) is 2.51. The Morgan fingerprint density at radius 2 is 2.11 bits per heavy atom. The van der Waals surface area contributed by atoms with Gasteiger partial charge in [0.05, 0.1) is 11.0 Å². The molecule has 2 heterocycles. The quantitative estimate of drug-likeness (QED) is 0.674. The molecule has 0 atom stereocenters. The van der Waals surface area contributed by atoms with Gasteiger partial charge in [-0.05, 0) is 12.1 Å². The molecule has 0 unspecified atom stereocenters. The number of carbonyl (C=O) groups is 1. The van der Waals surface area contributed by atoms with Crippen LogP contribution in [-0.4, -0.2) is 15.8 Å². The summed E-state index contributed by atoms with van der Waals surface area (Å²) in [5.41, 5.74) is 3.19. The molecule has 0 bridgehead atoms. The van der Waals surface area contributed by atoms with Crippen molar-refractivity contribution >= 4 is 28.0 Å². The number of benzene rings is 1. The molecule has 3 rings (SSSR count). The van der Waals surface area contributed by atoms with E-state index < -0.39 is 0 Å². The van der Waals surface area contributed by atoms with E-state index in [4.69, 9.17) is 0 Å². The van der Waals surface area contributed by atoms with Crippen LogP contribution in [0.5, 0.6) is 0 Å². The van der Waals surface area contributed by atoms with Crippen molar-refractivity contribution in [2.75, 3.05) is 0 Å². The van der Waals surface area contributed by atoms with Crippen molar-refractivity contribution in [2.24, 2.45) is 0 Å². The van der Waals surface area contributed by atoms with E-state index in [9.17, 15) is 4.79 Å². The van der Waals surface area contributed by atoms with Crippen LogP contribution in [0.3, 0.4) is 0 Å². The molecular formula is C14H10N2OS. The summed E-state index contributed by atoms with van der Waals surface area (Å²) in [4.78, 5) is 21.5. The zero-order valence-corrected chi connectivity index (χ0v) is 10.4. The maximum Gasteiger partial charge on any atom is 0.170 e. The maximum absolute atomic E-state index is 12.3. The summed E-state index contributed by atoms with van der Waals surface area (Å²) in [5.74, 6) is 0.0866. The number of pyridine rings is 1. The zero-order valence-electron chi connectivity index (χ0n) is 9.54. The van der Waals surface area contributed by atoms with Gasteiger partial charge in [-0.3, -0.25) is 14.8 Å². The highest BCUT2D eigenvalue weighted by Crippen LogP contribution is 2.18. The molecule has 0 saturated heterocycles. The Bertz CT molecular complexity index is 687. The second-order valence-electron chi connectivity index (χ2n) is 3.95. The predicted molar refractivity (Wildman–Crippen MR) is 71.9 cm³/mol. The minimum atomic E-state index is 0.0866. The Labute approximate surface area is 108 Å². The molecule has 2 aromatic heterocycles. The predicted octanol–water partition coefficient (Wildman–Crippen LogP) is 3.12. The Kier molecular flexibility index (Phi) is 2.86. The molecule has 0 aliphatic rings. The number of carbonyl (C=O) groups excluding carboxylic acids is 1. The van der Waals surface area contributed by atoms with E-state index in [1.807, 2.05) is 30.3 Å². The number of Topliss-reactive ketones (excluding diaryl/α,β-unsaturated/α-hetero) is 1. The minimum absolute atomic E-state index is 0.0866. The summed E-state index contributed by atoms with van der Waals surface area (Å²) < 4.78 is 0. The lowest BCUT2D eigenvalue weighted by Crippen LogP contribution is -2.03. The molecule has 0 aliphatic carbocycles. The van der Waals surface area contributed by atoms with Crippen molar-refractivity contribution < 1.29 is 4.79 Å². The fourth-order valence-electron chi connectivity index (χ4n) is 1.91. The summed E-state index contributed by atoms with van der Waals surface area (Å²) in [6.45, 7) is 0. The number of para-hydroxylation sites is 1. The van der Waals surface area contributed by atoms with E-state index in [1.165, 1.54) is 11.3 Å². The molecule has 0 radical (unpaired) electrons. The van der Waals surface area contributed by atoms with Crippen molar-refractivity contribution in [3.63, 3.8) is 0 Å². The van der Waals surface area contributed by atoms with Gasteiger partial charge in [0.2, 0.25) is 0 Å². The van der Waals surface area contributed by atoms with Crippen molar-refractivity contribution in [3.05, 3.63) is 58.7 Å². The molecular weight excluding hydrogens is 244 g/mol. The van der Waals surface area contributed by atoms with E-state index in [0.717, 1.165) is 15.8 Å². The SMILES string of the molecule is O=C(Cc1cncs1)c1cccc2cccnc12. The zero-order chi connectivity index (χ0) is 12.4. The van der Waals surface area contributed by atoms with Crippen LogP contribution in [0.25, 0.3) is 10.9 Å². The molecule has 0 N–H and O–H groups in total.